The number of hydrogen-bond donors (Lipinski definition) is 2. The highest BCUT2D eigenvalue weighted by Crippen LogP contribution is 2.05. The smallest absolute Gasteiger partial charge is 0.269 e. The standard InChI is InChI=1S/C13H18N2O2/c1-3-4-9-12(16)14-15-13(17)11-8-6-5-7-10(11)2/h5-8H,3-4,9H2,1-2H3,(H,14,16)(H,15,17). The van der Waals surface area contributed by atoms with Crippen molar-refractivity contribution in [2.45, 2.75) is 33.1 Å². The van der Waals surface area contributed by atoms with Crippen molar-refractivity contribution in [1.29, 1.82) is 0 Å². The lowest BCUT2D eigenvalue weighted by molar-refractivity contribution is -0.121. The fourth-order valence-electron chi connectivity index (χ4n) is 1.42. The normalized spacial score (nSPS) is 9.76. The van der Waals surface area contributed by atoms with E-state index >= 15 is 0 Å². The van der Waals surface area contributed by atoms with E-state index < -0.39 is 0 Å². The molecule has 4 heteroatoms. The van der Waals surface area contributed by atoms with Gasteiger partial charge in [0.2, 0.25) is 5.91 Å². The highest BCUT2D eigenvalue weighted by atomic mass is 16.2. The van der Waals surface area contributed by atoms with Crippen molar-refractivity contribution >= 4 is 11.8 Å². The van der Waals surface area contributed by atoms with Crippen LogP contribution in [0.2, 0.25) is 0 Å². The molecule has 0 spiro atoms. The SMILES string of the molecule is CCCCC(=O)NNC(=O)c1ccccc1C. The number of hydrazine groups is 1. The van der Waals surface area contributed by atoms with Crippen LogP contribution in [-0.2, 0) is 4.79 Å². The van der Waals surface area contributed by atoms with Crippen LogP contribution in [0.25, 0.3) is 0 Å². The van der Waals surface area contributed by atoms with E-state index in [0.29, 0.717) is 12.0 Å². The monoisotopic (exact) mass is 234 g/mol. The molecule has 0 aliphatic rings. The average molecular weight is 234 g/mol. The molecule has 0 aliphatic heterocycles. The predicted molar refractivity (Wildman–Crippen MR) is 66.3 cm³/mol. The lowest BCUT2D eigenvalue weighted by atomic mass is 10.1. The topological polar surface area (TPSA) is 58.2 Å². The number of carbonyl (C=O) groups is 2. The highest BCUT2D eigenvalue weighted by molar-refractivity contribution is 5.96. The van der Waals surface area contributed by atoms with Crippen LogP contribution in [0.1, 0.15) is 42.1 Å². The van der Waals surface area contributed by atoms with Crippen LogP contribution < -0.4 is 10.9 Å². The maximum atomic E-state index is 11.7. The Labute approximate surface area is 101 Å². The average Bonchev–Trinajstić information content (AvgIpc) is 2.34. The largest absolute Gasteiger partial charge is 0.273 e. The third kappa shape index (κ3) is 4.26. The molecule has 4 nitrogen and oxygen atoms in total. The zero-order valence-corrected chi connectivity index (χ0v) is 10.2. The van der Waals surface area contributed by atoms with Gasteiger partial charge < -0.3 is 0 Å². The molecule has 0 radical (unpaired) electrons. The first kappa shape index (κ1) is 13.2. The molecule has 92 valence electrons. The molecule has 0 heterocycles. The number of carbonyl (C=O) groups excluding carboxylic acids is 2. The molecule has 0 saturated carbocycles. The lowest BCUT2D eigenvalue weighted by Crippen LogP contribution is -2.41. The second kappa shape index (κ2) is 6.68. The summed E-state index contributed by atoms with van der Waals surface area (Å²) in [5.41, 5.74) is 6.27. The second-order valence-electron chi connectivity index (χ2n) is 3.92. The van der Waals surface area contributed by atoms with Crippen molar-refractivity contribution in [1.82, 2.24) is 10.9 Å². The third-order valence-electron chi connectivity index (χ3n) is 2.46. The van der Waals surface area contributed by atoms with Gasteiger partial charge in [-0.25, -0.2) is 0 Å². The third-order valence-corrected chi connectivity index (χ3v) is 2.46. The zero-order valence-electron chi connectivity index (χ0n) is 10.2. The fraction of sp³-hybridized carbons (Fsp3) is 0.385. The van der Waals surface area contributed by atoms with Crippen molar-refractivity contribution in [2.24, 2.45) is 0 Å². The Balaban J connectivity index is 2.45. The zero-order chi connectivity index (χ0) is 12.7. The van der Waals surface area contributed by atoms with Crippen LogP contribution in [0.15, 0.2) is 24.3 Å². The number of hydrogen-bond acceptors (Lipinski definition) is 2. The quantitative estimate of drug-likeness (QED) is 0.782. The molecule has 17 heavy (non-hydrogen) atoms. The summed E-state index contributed by atoms with van der Waals surface area (Å²) in [7, 11) is 0. The summed E-state index contributed by atoms with van der Waals surface area (Å²) in [5, 5.41) is 0. The molecule has 1 aromatic carbocycles. The van der Waals surface area contributed by atoms with Crippen molar-refractivity contribution in [2.75, 3.05) is 0 Å². The molecule has 1 rings (SSSR count). The van der Waals surface area contributed by atoms with E-state index in [1.165, 1.54) is 0 Å². The number of nitrogens with one attached hydrogen (secondary N) is 2. The summed E-state index contributed by atoms with van der Waals surface area (Å²) < 4.78 is 0. The maximum Gasteiger partial charge on any atom is 0.269 e. The van der Waals surface area contributed by atoms with Crippen LogP contribution in [0.3, 0.4) is 0 Å². The van der Waals surface area contributed by atoms with E-state index in [-0.39, 0.29) is 11.8 Å². The number of benzene rings is 1. The maximum absolute atomic E-state index is 11.7. The number of unbranched alkanes of at least 4 members (excludes halogenated alkanes) is 1. The molecule has 0 unspecified atom stereocenters. The Morgan fingerprint density at radius 2 is 1.88 bits per heavy atom. The molecule has 0 fully saturated rings. The Morgan fingerprint density at radius 1 is 1.18 bits per heavy atom. The molecule has 2 N–H and O–H groups in total. The summed E-state index contributed by atoms with van der Waals surface area (Å²) in [6.07, 6.45) is 2.22. The van der Waals surface area contributed by atoms with E-state index in [1.807, 2.05) is 26.0 Å². The Hall–Kier alpha value is -1.84. The van der Waals surface area contributed by atoms with Crippen molar-refractivity contribution < 1.29 is 9.59 Å². The molecule has 2 amide bonds. The Kier molecular flexibility index (Phi) is 5.20. The molecular weight excluding hydrogens is 216 g/mol. The summed E-state index contributed by atoms with van der Waals surface area (Å²) in [6.45, 7) is 3.87. The van der Waals surface area contributed by atoms with Gasteiger partial charge in [0.25, 0.3) is 5.91 Å². The van der Waals surface area contributed by atoms with E-state index in [2.05, 4.69) is 10.9 Å². The first-order chi connectivity index (χ1) is 8.15. The summed E-state index contributed by atoms with van der Waals surface area (Å²) >= 11 is 0. The Morgan fingerprint density at radius 3 is 2.53 bits per heavy atom. The highest BCUT2D eigenvalue weighted by Gasteiger charge is 2.08. The van der Waals surface area contributed by atoms with Crippen LogP contribution >= 0.6 is 0 Å². The van der Waals surface area contributed by atoms with Gasteiger partial charge in [0.1, 0.15) is 0 Å². The molecule has 0 aromatic heterocycles. The van der Waals surface area contributed by atoms with Gasteiger partial charge in [-0.1, -0.05) is 31.5 Å². The lowest BCUT2D eigenvalue weighted by Gasteiger charge is -2.08. The fourth-order valence-corrected chi connectivity index (χ4v) is 1.42. The minimum atomic E-state index is -0.284. The summed E-state index contributed by atoms with van der Waals surface area (Å²) in [5.74, 6) is -0.443. The van der Waals surface area contributed by atoms with E-state index in [1.54, 1.807) is 12.1 Å². The van der Waals surface area contributed by atoms with E-state index in [4.69, 9.17) is 0 Å². The first-order valence-corrected chi connectivity index (χ1v) is 5.80. The second-order valence-corrected chi connectivity index (χ2v) is 3.92. The van der Waals surface area contributed by atoms with Gasteiger partial charge in [-0.2, -0.15) is 0 Å². The van der Waals surface area contributed by atoms with Gasteiger partial charge in [-0.3, -0.25) is 20.4 Å². The molecule has 1 aromatic rings. The summed E-state index contributed by atoms with van der Waals surface area (Å²) in [4.78, 5) is 23.0. The van der Waals surface area contributed by atoms with Gasteiger partial charge in [-0.15, -0.1) is 0 Å². The van der Waals surface area contributed by atoms with Crippen molar-refractivity contribution in [3.05, 3.63) is 35.4 Å². The molecular formula is C13H18N2O2. The number of amides is 2. The van der Waals surface area contributed by atoms with Gasteiger partial charge in [0.05, 0.1) is 0 Å². The van der Waals surface area contributed by atoms with E-state index in [9.17, 15) is 9.59 Å². The number of rotatable bonds is 4. The van der Waals surface area contributed by atoms with Gasteiger partial charge in [0, 0.05) is 12.0 Å². The van der Waals surface area contributed by atoms with Crippen molar-refractivity contribution in [3.8, 4) is 0 Å². The predicted octanol–water partition coefficient (Wildman–Crippen LogP) is 1.95. The van der Waals surface area contributed by atoms with Gasteiger partial charge in [0.15, 0.2) is 0 Å². The summed E-state index contributed by atoms with van der Waals surface area (Å²) in [6, 6.07) is 7.24. The van der Waals surface area contributed by atoms with Crippen LogP contribution in [0.4, 0.5) is 0 Å². The minimum absolute atomic E-state index is 0.159. The molecule has 0 atom stereocenters. The van der Waals surface area contributed by atoms with Gasteiger partial charge in [-0.05, 0) is 25.0 Å². The van der Waals surface area contributed by atoms with E-state index in [0.717, 1.165) is 18.4 Å². The van der Waals surface area contributed by atoms with Crippen LogP contribution in [0.5, 0.6) is 0 Å². The van der Waals surface area contributed by atoms with Gasteiger partial charge >= 0.3 is 0 Å². The molecule has 0 bridgehead atoms. The minimum Gasteiger partial charge on any atom is -0.273 e. The van der Waals surface area contributed by atoms with Crippen LogP contribution in [-0.4, -0.2) is 11.8 Å². The van der Waals surface area contributed by atoms with Crippen LogP contribution in [0, 0.1) is 6.92 Å². The molecule has 0 saturated heterocycles. The van der Waals surface area contributed by atoms with Crippen molar-refractivity contribution in [3.63, 3.8) is 0 Å². The number of aryl methyl sites for hydroxylation is 1. The molecule has 0 aliphatic carbocycles. The first-order valence-electron chi connectivity index (χ1n) is 5.80. The Bertz CT molecular complexity index is 402.